The second kappa shape index (κ2) is 10.4. The number of hydrogen-bond donors (Lipinski definition) is 0. The van der Waals surface area contributed by atoms with Gasteiger partial charge in [0, 0.05) is 78.1 Å². The van der Waals surface area contributed by atoms with Crippen LogP contribution in [0.3, 0.4) is 0 Å². The van der Waals surface area contributed by atoms with Gasteiger partial charge in [-0.2, -0.15) is 0 Å². The fourth-order valence-electron chi connectivity index (χ4n) is 0.920. The van der Waals surface area contributed by atoms with Crippen LogP contribution in [-0.4, -0.2) is 86.2 Å². The van der Waals surface area contributed by atoms with Crippen LogP contribution < -0.4 is 0 Å². The van der Waals surface area contributed by atoms with Crippen molar-refractivity contribution in [3.05, 3.63) is 0 Å². The Morgan fingerprint density at radius 2 is 1.33 bits per heavy atom. The molecule has 0 unspecified atom stereocenters. The molecule has 5 nitrogen and oxygen atoms in total. The van der Waals surface area contributed by atoms with Gasteiger partial charge in [-0.25, -0.2) is 0 Å². The van der Waals surface area contributed by atoms with Gasteiger partial charge in [0.2, 0.25) is 0 Å². The maximum atomic E-state index is 10.9. The van der Waals surface area contributed by atoms with Gasteiger partial charge in [0.15, 0.2) is 0 Å². The van der Waals surface area contributed by atoms with Crippen LogP contribution in [0, 0.1) is 0 Å². The molecule has 0 aliphatic rings. The Bertz CT molecular complexity index is 161. The van der Waals surface area contributed by atoms with E-state index in [1.54, 1.807) is 20.8 Å². The Morgan fingerprint density at radius 1 is 1.00 bits per heavy atom. The molecule has 0 rings (SSSR count). The summed E-state index contributed by atoms with van der Waals surface area (Å²) in [5, 5.41) is 0. The van der Waals surface area contributed by atoms with Gasteiger partial charge in [0.1, 0.15) is 0 Å². The molecule has 0 aliphatic heterocycles. The third kappa shape index (κ3) is 8.00. The summed E-state index contributed by atoms with van der Waals surface area (Å²) < 4.78 is 20.8. The van der Waals surface area contributed by atoms with Crippen LogP contribution in [0.2, 0.25) is 0 Å². The molecule has 0 aliphatic carbocycles. The number of hydrogen-bond acceptors (Lipinski definition) is 5. The van der Waals surface area contributed by atoms with Gasteiger partial charge in [-0.1, -0.05) is 0 Å². The fraction of sp³-hybridized carbons (Fsp3) is 0.875. The summed E-state index contributed by atoms with van der Waals surface area (Å²) in [6.07, 6.45) is 0. The van der Waals surface area contributed by atoms with Crippen molar-refractivity contribution < 1.29 is 22.5 Å². The zero-order valence-electron chi connectivity index (χ0n) is 10.2. The van der Waals surface area contributed by atoms with Crippen molar-refractivity contribution in [1.29, 1.82) is 0 Å². The van der Waals surface area contributed by atoms with Crippen LogP contribution >= 0.6 is 0 Å². The van der Waals surface area contributed by atoms with Crippen LogP contribution in [0.25, 0.3) is 0 Å². The summed E-state index contributed by atoms with van der Waals surface area (Å²) in [6, 6.07) is 0. The summed E-state index contributed by atoms with van der Waals surface area (Å²) in [5.41, 5.74) is 0. The second-order valence-corrected chi connectivity index (χ2v) is 4.46. The van der Waals surface area contributed by atoms with Crippen molar-refractivity contribution >= 4 is 66.4 Å². The zero-order chi connectivity index (χ0) is 11.0. The third-order valence-corrected chi connectivity index (χ3v) is 3.70. The van der Waals surface area contributed by atoms with Gasteiger partial charge in [-0.05, 0) is 20.8 Å². The molecule has 0 fully saturated rings. The molecule has 0 aromatic carbocycles. The van der Waals surface area contributed by atoms with Crippen molar-refractivity contribution in [2.75, 3.05) is 19.8 Å². The first-order valence-corrected chi connectivity index (χ1v) is 6.35. The number of carbonyl (C=O) groups is 1. The molecule has 0 atom stereocenters. The Hall–Kier alpha value is 1.20. The first kappa shape index (κ1) is 18.6. The van der Waals surface area contributed by atoms with Crippen LogP contribution in [0.1, 0.15) is 27.7 Å². The first-order valence-electron chi connectivity index (χ1n) is 4.71. The van der Waals surface area contributed by atoms with E-state index in [2.05, 4.69) is 0 Å². The summed E-state index contributed by atoms with van der Waals surface area (Å²) in [4.78, 5) is 10.9. The average Bonchev–Trinajstić information content (AvgIpc) is 2.03. The van der Waals surface area contributed by atoms with Crippen LogP contribution in [0.4, 0.5) is 0 Å². The van der Waals surface area contributed by atoms with E-state index in [0.717, 1.165) is 0 Å². The van der Waals surface area contributed by atoms with Crippen molar-refractivity contribution in [3.8, 4) is 0 Å². The average molecular weight is 261 g/mol. The minimum Gasteiger partial charge on any atom is -0.452 e. The zero-order valence-corrected chi connectivity index (χ0v) is 14.3. The topological polar surface area (TPSA) is 54.0 Å². The van der Waals surface area contributed by atoms with Crippen molar-refractivity contribution in [2.24, 2.45) is 0 Å². The molecular formula is C8H18KO5Si. The molecule has 0 saturated carbocycles. The van der Waals surface area contributed by atoms with Gasteiger partial charge in [-0.15, -0.1) is 0 Å². The minimum atomic E-state index is -3.21. The molecule has 0 aromatic heterocycles. The summed E-state index contributed by atoms with van der Waals surface area (Å²) >= 11 is 0. The molecule has 0 N–H and O–H groups in total. The summed E-state index contributed by atoms with van der Waals surface area (Å²) in [5.74, 6) is -0.452. The molecule has 0 saturated heterocycles. The third-order valence-electron chi connectivity index (χ3n) is 1.23. The molecule has 0 heterocycles. The number of rotatable bonds is 7. The summed E-state index contributed by atoms with van der Waals surface area (Å²) in [7, 11) is -3.21. The van der Waals surface area contributed by atoms with E-state index in [9.17, 15) is 4.79 Å². The maximum absolute atomic E-state index is 10.9. The van der Waals surface area contributed by atoms with E-state index in [-0.39, 0.29) is 51.4 Å². The van der Waals surface area contributed by atoms with Crippen molar-refractivity contribution in [1.82, 2.24) is 0 Å². The van der Waals surface area contributed by atoms with E-state index >= 15 is 0 Å². The van der Waals surface area contributed by atoms with Crippen LogP contribution in [0.5, 0.6) is 0 Å². The Balaban J connectivity index is 0. The molecule has 1 radical (unpaired) electrons. The van der Waals surface area contributed by atoms with E-state index in [4.69, 9.17) is 17.7 Å². The standard InChI is InChI=1S/C8H18O5Si.K/c1-5-10-14(11-6-2,12-7-3)13-8(4)9;/h5-7H2,1-4H3;. The quantitative estimate of drug-likeness (QED) is 0.632. The Labute approximate surface area is 135 Å². The van der Waals surface area contributed by atoms with Crippen LogP contribution in [0.15, 0.2) is 0 Å². The molecule has 15 heavy (non-hydrogen) atoms. The van der Waals surface area contributed by atoms with Gasteiger partial charge in [-0.3, -0.25) is 4.79 Å². The second-order valence-electron chi connectivity index (χ2n) is 2.39. The van der Waals surface area contributed by atoms with Crippen molar-refractivity contribution in [2.45, 2.75) is 27.7 Å². The van der Waals surface area contributed by atoms with Gasteiger partial charge >= 0.3 is 9.05 Å². The summed E-state index contributed by atoms with van der Waals surface area (Å²) in [6.45, 7) is 7.85. The van der Waals surface area contributed by atoms with Crippen molar-refractivity contribution in [3.63, 3.8) is 0 Å². The van der Waals surface area contributed by atoms with E-state index < -0.39 is 15.0 Å². The monoisotopic (exact) mass is 261 g/mol. The molecule has 0 bridgehead atoms. The molecule has 0 spiro atoms. The Morgan fingerprint density at radius 3 is 1.53 bits per heavy atom. The smallest absolute Gasteiger partial charge is 0.452 e. The molecular weight excluding hydrogens is 243 g/mol. The SMILES string of the molecule is CCO[Si](OCC)(OCC)OC(C)=O.[K]. The van der Waals surface area contributed by atoms with Gasteiger partial charge < -0.3 is 17.7 Å². The van der Waals surface area contributed by atoms with E-state index in [1.165, 1.54) is 6.92 Å². The maximum Gasteiger partial charge on any atom is 0.751 e. The molecule has 0 amide bonds. The molecule has 0 aromatic rings. The largest absolute Gasteiger partial charge is 0.751 e. The minimum absolute atomic E-state index is 0. The van der Waals surface area contributed by atoms with Gasteiger partial charge in [0.05, 0.1) is 0 Å². The predicted molar refractivity (Wildman–Crippen MR) is 58.2 cm³/mol. The molecule has 85 valence electrons. The predicted octanol–water partition coefficient (Wildman–Crippen LogP) is 0.714. The molecule has 7 heteroatoms. The van der Waals surface area contributed by atoms with Crippen LogP contribution in [-0.2, 0) is 22.5 Å². The van der Waals surface area contributed by atoms with Gasteiger partial charge in [0.25, 0.3) is 5.97 Å². The first-order chi connectivity index (χ1) is 6.60. The van der Waals surface area contributed by atoms with E-state index in [0.29, 0.717) is 19.8 Å². The normalized spacial score (nSPS) is 10.7. The Kier molecular flexibility index (Phi) is 12.8. The number of carbonyl (C=O) groups excluding carboxylic acids is 1. The van der Waals surface area contributed by atoms with E-state index in [1.807, 2.05) is 0 Å². The fourth-order valence-corrected chi connectivity index (χ4v) is 2.76.